The van der Waals surface area contributed by atoms with Crippen molar-refractivity contribution in [2.75, 3.05) is 12.3 Å². The summed E-state index contributed by atoms with van der Waals surface area (Å²) >= 11 is 13.3. The Morgan fingerprint density at radius 2 is 1.39 bits per heavy atom. The summed E-state index contributed by atoms with van der Waals surface area (Å²) in [6.07, 6.45) is 0. The van der Waals surface area contributed by atoms with Crippen molar-refractivity contribution in [3.05, 3.63) is 69.7 Å². The van der Waals surface area contributed by atoms with E-state index in [-0.39, 0.29) is 5.75 Å². The molecule has 0 atom stereocenters. The van der Waals surface area contributed by atoms with Gasteiger partial charge in [0.15, 0.2) is 0 Å². The monoisotopic (exact) mass is 389 g/mol. The molecule has 0 saturated carbocycles. The van der Waals surface area contributed by atoms with Gasteiger partial charge in [0.1, 0.15) is 0 Å². The first-order chi connectivity index (χ1) is 10.9. The molecule has 0 aliphatic rings. The van der Waals surface area contributed by atoms with Crippen LogP contribution < -0.4 is 4.72 Å². The van der Waals surface area contributed by atoms with Gasteiger partial charge in [0.25, 0.3) is 0 Å². The van der Waals surface area contributed by atoms with E-state index in [1.807, 2.05) is 24.3 Å². The average Bonchev–Trinajstić information content (AvgIpc) is 2.51. The molecule has 0 fully saturated rings. The number of halogens is 2. The van der Waals surface area contributed by atoms with Crippen molar-refractivity contribution in [3.63, 3.8) is 0 Å². The lowest BCUT2D eigenvalue weighted by molar-refractivity contribution is 0.583. The highest BCUT2D eigenvalue weighted by Gasteiger charge is 2.10. The maximum Gasteiger partial charge on any atom is 0.215 e. The smallest absolute Gasteiger partial charge is 0.214 e. The highest BCUT2D eigenvalue weighted by Crippen LogP contribution is 2.15. The third-order valence-corrected chi connectivity index (χ3v) is 5.91. The number of hydrogen-bond donors (Lipinski definition) is 1. The molecular weight excluding hydrogens is 373 g/mol. The van der Waals surface area contributed by atoms with E-state index in [4.69, 9.17) is 23.2 Å². The molecule has 0 amide bonds. The maximum atomic E-state index is 12.0. The standard InChI is InChI=1S/C16H17Cl2NO2S2/c17-15-5-1-13(2-6-15)11-22-10-9-19-23(20,21)12-14-3-7-16(18)8-4-14/h1-8,19H,9-12H2. The van der Waals surface area contributed by atoms with Gasteiger partial charge in [-0.15, -0.1) is 0 Å². The fourth-order valence-corrected chi connectivity index (χ4v) is 4.24. The second-order valence-electron chi connectivity index (χ2n) is 4.96. The van der Waals surface area contributed by atoms with Gasteiger partial charge in [-0.1, -0.05) is 47.5 Å². The Hall–Kier alpha value is -0.720. The van der Waals surface area contributed by atoms with Crippen LogP contribution in [-0.2, 0) is 21.5 Å². The fraction of sp³-hybridized carbons (Fsp3) is 0.250. The predicted octanol–water partition coefficient (Wildman–Crippen LogP) is 4.35. The van der Waals surface area contributed by atoms with Crippen molar-refractivity contribution in [2.24, 2.45) is 0 Å². The van der Waals surface area contributed by atoms with Gasteiger partial charge in [0, 0.05) is 28.1 Å². The van der Waals surface area contributed by atoms with Gasteiger partial charge in [0.2, 0.25) is 10.0 Å². The topological polar surface area (TPSA) is 46.2 Å². The first-order valence-corrected chi connectivity index (χ1v) is 10.5. The molecule has 7 heteroatoms. The first kappa shape index (κ1) is 18.6. The third kappa shape index (κ3) is 7.14. The summed E-state index contributed by atoms with van der Waals surface area (Å²) in [5.74, 6) is 1.50. The Balaban J connectivity index is 1.70. The van der Waals surface area contributed by atoms with E-state index in [1.165, 1.54) is 5.56 Å². The van der Waals surface area contributed by atoms with Crippen molar-refractivity contribution in [3.8, 4) is 0 Å². The van der Waals surface area contributed by atoms with Crippen LogP contribution in [0, 0.1) is 0 Å². The molecule has 0 aliphatic carbocycles. The van der Waals surface area contributed by atoms with E-state index in [2.05, 4.69) is 4.72 Å². The van der Waals surface area contributed by atoms with Crippen LogP contribution in [0.3, 0.4) is 0 Å². The molecule has 2 aromatic rings. The average molecular weight is 390 g/mol. The Morgan fingerprint density at radius 1 is 0.870 bits per heavy atom. The van der Waals surface area contributed by atoms with Gasteiger partial charge in [-0.2, -0.15) is 11.8 Å². The fourth-order valence-electron chi connectivity index (χ4n) is 1.89. The summed E-state index contributed by atoms with van der Waals surface area (Å²) < 4.78 is 26.6. The Bertz CT molecular complexity index is 717. The van der Waals surface area contributed by atoms with Crippen molar-refractivity contribution >= 4 is 45.0 Å². The summed E-state index contributed by atoms with van der Waals surface area (Å²) in [6.45, 7) is 0.411. The number of sulfonamides is 1. The van der Waals surface area contributed by atoms with E-state index in [1.54, 1.807) is 36.0 Å². The zero-order chi connectivity index (χ0) is 16.7. The molecular formula is C16H17Cl2NO2S2. The van der Waals surface area contributed by atoms with Gasteiger partial charge < -0.3 is 0 Å². The van der Waals surface area contributed by atoms with Crippen LogP contribution in [-0.4, -0.2) is 20.7 Å². The molecule has 0 bridgehead atoms. The largest absolute Gasteiger partial charge is 0.215 e. The molecule has 1 N–H and O–H groups in total. The van der Waals surface area contributed by atoms with E-state index in [0.717, 1.165) is 11.3 Å². The number of benzene rings is 2. The summed E-state index contributed by atoms with van der Waals surface area (Å²) in [6, 6.07) is 14.5. The van der Waals surface area contributed by atoms with E-state index >= 15 is 0 Å². The van der Waals surface area contributed by atoms with E-state index in [0.29, 0.717) is 22.3 Å². The SMILES string of the molecule is O=S(=O)(Cc1ccc(Cl)cc1)NCCSCc1ccc(Cl)cc1. The lowest BCUT2D eigenvalue weighted by Crippen LogP contribution is -2.27. The van der Waals surface area contributed by atoms with Gasteiger partial charge in [-0.05, 0) is 35.4 Å². The number of rotatable bonds is 8. The van der Waals surface area contributed by atoms with Crippen LogP contribution in [0.2, 0.25) is 10.0 Å². The van der Waals surface area contributed by atoms with Crippen LogP contribution in [0.25, 0.3) is 0 Å². The van der Waals surface area contributed by atoms with Crippen LogP contribution in [0.1, 0.15) is 11.1 Å². The van der Waals surface area contributed by atoms with Crippen LogP contribution in [0.4, 0.5) is 0 Å². The summed E-state index contributed by atoms with van der Waals surface area (Å²) in [7, 11) is -3.32. The van der Waals surface area contributed by atoms with Crippen molar-refractivity contribution in [1.82, 2.24) is 4.72 Å². The molecule has 0 aliphatic heterocycles. The summed E-state index contributed by atoms with van der Waals surface area (Å²) in [5, 5.41) is 1.31. The Morgan fingerprint density at radius 3 is 1.96 bits per heavy atom. The quantitative estimate of drug-likeness (QED) is 0.682. The van der Waals surface area contributed by atoms with Gasteiger partial charge in [0.05, 0.1) is 5.75 Å². The lowest BCUT2D eigenvalue weighted by atomic mass is 10.2. The molecule has 0 heterocycles. The Kier molecular flexibility index (Phi) is 7.24. The molecule has 0 unspecified atom stereocenters. The van der Waals surface area contributed by atoms with Crippen molar-refractivity contribution in [1.29, 1.82) is 0 Å². The van der Waals surface area contributed by atoms with Crippen LogP contribution in [0.5, 0.6) is 0 Å². The molecule has 124 valence electrons. The molecule has 0 radical (unpaired) electrons. The van der Waals surface area contributed by atoms with Crippen molar-refractivity contribution in [2.45, 2.75) is 11.5 Å². The lowest BCUT2D eigenvalue weighted by Gasteiger charge is -2.07. The normalized spacial score (nSPS) is 11.6. The minimum atomic E-state index is -3.32. The molecule has 0 spiro atoms. The molecule has 2 aromatic carbocycles. The maximum absolute atomic E-state index is 12.0. The first-order valence-electron chi connectivity index (χ1n) is 6.98. The highest BCUT2D eigenvalue weighted by atomic mass is 35.5. The highest BCUT2D eigenvalue weighted by molar-refractivity contribution is 7.98. The number of hydrogen-bond acceptors (Lipinski definition) is 3. The minimum absolute atomic E-state index is 0.0357. The second-order valence-corrected chi connectivity index (χ2v) is 8.74. The van der Waals surface area contributed by atoms with E-state index in [9.17, 15) is 8.42 Å². The molecule has 0 aromatic heterocycles. The molecule has 0 saturated heterocycles. The molecule has 2 rings (SSSR count). The number of nitrogens with one attached hydrogen (secondary N) is 1. The zero-order valence-corrected chi connectivity index (χ0v) is 15.5. The van der Waals surface area contributed by atoms with Crippen molar-refractivity contribution < 1.29 is 8.42 Å². The minimum Gasteiger partial charge on any atom is -0.214 e. The predicted molar refractivity (Wildman–Crippen MR) is 99.7 cm³/mol. The third-order valence-electron chi connectivity index (χ3n) is 3.02. The van der Waals surface area contributed by atoms with Crippen LogP contribution >= 0.6 is 35.0 Å². The number of thioether (sulfide) groups is 1. The summed E-state index contributed by atoms with van der Waals surface area (Å²) in [4.78, 5) is 0. The van der Waals surface area contributed by atoms with Gasteiger partial charge >= 0.3 is 0 Å². The van der Waals surface area contributed by atoms with Gasteiger partial charge in [-0.25, -0.2) is 13.1 Å². The molecule has 3 nitrogen and oxygen atoms in total. The second kappa shape index (κ2) is 8.94. The Labute approximate surface area is 151 Å². The molecule has 23 heavy (non-hydrogen) atoms. The van der Waals surface area contributed by atoms with Gasteiger partial charge in [-0.3, -0.25) is 0 Å². The van der Waals surface area contributed by atoms with E-state index < -0.39 is 10.0 Å². The van der Waals surface area contributed by atoms with Crippen LogP contribution in [0.15, 0.2) is 48.5 Å². The zero-order valence-electron chi connectivity index (χ0n) is 12.3. The summed E-state index contributed by atoms with van der Waals surface area (Å²) in [5.41, 5.74) is 1.89.